The van der Waals surface area contributed by atoms with Gasteiger partial charge in [-0.15, -0.1) is 10.2 Å². The molecule has 8 heteroatoms. The summed E-state index contributed by atoms with van der Waals surface area (Å²) >= 11 is 0. The molecule has 8 nitrogen and oxygen atoms in total. The number of nitrogens with one attached hydrogen (secondary N) is 1. The summed E-state index contributed by atoms with van der Waals surface area (Å²) in [6, 6.07) is 5.72. The molecule has 1 atom stereocenters. The summed E-state index contributed by atoms with van der Waals surface area (Å²) in [5.74, 6) is 2.96. The molecule has 3 aromatic rings. The first-order chi connectivity index (χ1) is 11.5. The molecule has 0 aliphatic rings. The van der Waals surface area contributed by atoms with E-state index in [1.54, 1.807) is 0 Å². The van der Waals surface area contributed by atoms with Crippen molar-refractivity contribution in [3.05, 3.63) is 36.0 Å². The van der Waals surface area contributed by atoms with Crippen molar-refractivity contribution in [1.82, 2.24) is 29.5 Å². The Morgan fingerprint density at radius 2 is 1.83 bits per heavy atom. The highest BCUT2D eigenvalue weighted by molar-refractivity contribution is 5.40. The number of fused-ring (bicyclic) bond motifs is 1. The van der Waals surface area contributed by atoms with Crippen LogP contribution in [0.4, 0.5) is 11.9 Å². The molecular weight excluding hydrogens is 304 g/mol. The number of hydrogen-bond donors (Lipinski definition) is 1. The summed E-state index contributed by atoms with van der Waals surface area (Å²) in [5, 5.41) is 11.8. The SMILES string of the molecule is CC(C)c1nc(NC(C)c2nnc3ccccn23)nc(N(C)C)n1. The van der Waals surface area contributed by atoms with Crippen molar-refractivity contribution in [3.8, 4) is 0 Å². The van der Waals surface area contributed by atoms with Crippen LogP contribution in [0.5, 0.6) is 0 Å². The van der Waals surface area contributed by atoms with E-state index in [0.29, 0.717) is 11.9 Å². The van der Waals surface area contributed by atoms with Gasteiger partial charge in [0.15, 0.2) is 11.5 Å². The zero-order valence-corrected chi connectivity index (χ0v) is 14.6. The lowest BCUT2D eigenvalue weighted by Crippen LogP contribution is -2.19. The van der Waals surface area contributed by atoms with Crippen molar-refractivity contribution >= 4 is 17.5 Å². The second-order valence-electron chi connectivity index (χ2n) is 6.22. The second-order valence-corrected chi connectivity index (χ2v) is 6.22. The summed E-state index contributed by atoms with van der Waals surface area (Å²) in [6.45, 7) is 6.14. The number of hydrogen-bond acceptors (Lipinski definition) is 7. The van der Waals surface area contributed by atoms with E-state index in [0.717, 1.165) is 17.3 Å². The summed E-state index contributed by atoms with van der Waals surface area (Å²) in [5.41, 5.74) is 0.814. The van der Waals surface area contributed by atoms with Crippen molar-refractivity contribution in [2.24, 2.45) is 0 Å². The van der Waals surface area contributed by atoms with E-state index < -0.39 is 0 Å². The predicted octanol–water partition coefficient (Wildman–Crippen LogP) is 2.28. The molecule has 0 aliphatic heterocycles. The minimum absolute atomic E-state index is 0.0974. The molecule has 0 saturated carbocycles. The van der Waals surface area contributed by atoms with E-state index in [1.165, 1.54) is 0 Å². The molecule has 3 aromatic heterocycles. The molecule has 0 spiro atoms. The summed E-state index contributed by atoms with van der Waals surface area (Å²) < 4.78 is 1.95. The van der Waals surface area contributed by atoms with Gasteiger partial charge in [-0.25, -0.2) is 0 Å². The molecular formula is C16H22N8. The van der Waals surface area contributed by atoms with Crippen LogP contribution >= 0.6 is 0 Å². The fourth-order valence-electron chi connectivity index (χ4n) is 2.32. The van der Waals surface area contributed by atoms with Gasteiger partial charge >= 0.3 is 0 Å². The minimum atomic E-state index is -0.0974. The lowest BCUT2D eigenvalue weighted by Gasteiger charge is -2.17. The highest BCUT2D eigenvalue weighted by Crippen LogP contribution is 2.19. The van der Waals surface area contributed by atoms with E-state index in [9.17, 15) is 0 Å². The van der Waals surface area contributed by atoms with Crippen LogP contribution < -0.4 is 10.2 Å². The third-order valence-corrected chi connectivity index (χ3v) is 3.63. The first-order valence-electron chi connectivity index (χ1n) is 7.95. The third kappa shape index (κ3) is 3.12. The standard InChI is InChI=1S/C16H22N8/c1-10(2)13-18-15(20-16(19-13)23(4)5)17-11(3)14-22-21-12-8-6-7-9-24(12)14/h6-11H,1-5H3,(H,17,18,19,20). The lowest BCUT2D eigenvalue weighted by atomic mass is 10.2. The molecule has 0 saturated heterocycles. The van der Waals surface area contributed by atoms with E-state index in [1.807, 2.05) is 54.7 Å². The third-order valence-electron chi connectivity index (χ3n) is 3.63. The minimum Gasteiger partial charge on any atom is -0.347 e. The van der Waals surface area contributed by atoms with E-state index in [2.05, 4.69) is 44.3 Å². The molecule has 0 bridgehead atoms. The fourth-order valence-corrected chi connectivity index (χ4v) is 2.32. The number of nitrogens with zero attached hydrogens (tertiary/aromatic N) is 7. The van der Waals surface area contributed by atoms with E-state index in [4.69, 9.17) is 0 Å². The Bertz CT molecular complexity index is 813. The molecule has 1 unspecified atom stereocenters. The van der Waals surface area contributed by atoms with Crippen LogP contribution in [0.2, 0.25) is 0 Å². The highest BCUT2D eigenvalue weighted by Gasteiger charge is 2.17. The Hall–Kier alpha value is -2.77. The van der Waals surface area contributed by atoms with Crippen LogP contribution in [-0.4, -0.2) is 43.6 Å². The van der Waals surface area contributed by atoms with Crippen molar-refractivity contribution in [2.75, 3.05) is 24.3 Å². The van der Waals surface area contributed by atoms with E-state index >= 15 is 0 Å². The van der Waals surface area contributed by atoms with Gasteiger partial charge in [0.2, 0.25) is 11.9 Å². The Morgan fingerprint density at radius 3 is 2.54 bits per heavy atom. The van der Waals surface area contributed by atoms with Crippen molar-refractivity contribution in [1.29, 1.82) is 0 Å². The number of aromatic nitrogens is 6. The smallest absolute Gasteiger partial charge is 0.229 e. The van der Waals surface area contributed by atoms with Crippen molar-refractivity contribution < 1.29 is 0 Å². The molecule has 0 aromatic carbocycles. The summed E-state index contributed by atoms with van der Waals surface area (Å²) in [7, 11) is 3.83. The van der Waals surface area contributed by atoms with E-state index in [-0.39, 0.29) is 12.0 Å². The summed E-state index contributed by atoms with van der Waals surface area (Å²) in [4.78, 5) is 15.4. The maximum absolute atomic E-state index is 4.53. The molecule has 3 heterocycles. The molecule has 0 radical (unpaired) electrons. The van der Waals surface area contributed by atoms with Gasteiger partial charge in [-0.3, -0.25) is 4.40 Å². The normalized spacial score (nSPS) is 12.6. The molecule has 3 rings (SSSR count). The Morgan fingerprint density at radius 1 is 1.04 bits per heavy atom. The van der Waals surface area contributed by atoms with Gasteiger partial charge in [0.25, 0.3) is 0 Å². The van der Waals surface area contributed by atoms with Crippen LogP contribution in [0.15, 0.2) is 24.4 Å². The maximum atomic E-state index is 4.53. The van der Waals surface area contributed by atoms with Gasteiger partial charge in [0, 0.05) is 26.2 Å². The number of anilines is 2. The first-order valence-corrected chi connectivity index (χ1v) is 7.95. The molecule has 0 amide bonds. The van der Waals surface area contributed by atoms with Gasteiger partial charge in [-0.2, -0.15) is 15.0 Å². The monoisotopic (exact) mass is 326 g/mol. The second kappa shape index (κ2) is 6.38. The molecule has 126 valence electrons. The first kappa shape index (κ1) is 16.1. The van der Waals surface area contributed by atoms with Crippen LogP contribution in [-0.2, 0) is 0 Å². The predicted molar refractivity (Wildman–Crippen MR) is 93.3 cm³/mol. The fraction of sp³-hybridized carbons (Fsp3) is 0.438. The van der Waals surface area contributed by atoms with Crippen LogP contribution in [0.3, 0.4) is 0 Å². The quantitative estimate of drug-likeness (QED) is 0.770. The zero-order chi connectivity index (χ0) is 17.3. The average molecular weight is 326 g/mol. The van der Waals surface area contributed by atoms with Gasteiger partial charge < -0.3 is 10.2 Å². The lowest BCUT2D eigenvalue weighted by molar-refractivity contribution is 0.728. The van der Waals surface area contributed by atoms with Crippen LogP contribution in [0.1, 0.15) is 44.4 Å². The van der Waals surface area contributed by atoms with Gasteiger partial charge in [0.1, 0.15) is 5.82 Å². The van der Waals surface area contributed by atoms with Crippen molar-refractivity contribution in [3.63, 3.8) is 0 Å². The van der Waals surface area contributed by atoms with Gasteiger partial charge in [-0.1, -0.05) is 19.9 Å². The van der Waals surface area contributed by atoms with Crippen LogP contribution in [0.25, 0.3) is 5.65 Å². The Labute approximate surface area is 141 Å². The largest absolute Gasteiger partial charge is 0.347 e. The molecule has 24 heavy (non-hydrogen) atoms. The van der Waals surface area contributed by atoms with Crippen LogP contribution in [0, 0.1) is 0 Å². The van der Waals surface area contributed by atoms with Gasteiger partial charge in [-0.05, 0) is 19.1 Å². The Balaban J connectivity index is 1.92. The Kier molecular flexibility index (Phi) is 4.28. The highest BCUT2D eigenvalue weighted by atomic mass is 15.3. The zero-order valence-electron chi connectivity index (χ0n) is 14.6. The van der Waals surface area contributed by atoms with Crippen molar-refractivity contribution in [2.45, 2.75) is 32.7 Å². The summed E-state index contributed by atoms with van der Waals surface area (Å²) in [6.07, 6.45) is 1.95. The molecule has 0 aliphatic carbocycles. The number of pyridine rings is 1. The van der Waals surface area contributed by atoms with Gasteiger partial charge in [0.05, 0.1) is 6.04 Å². The average Bonchev–Trinajstić information content (AvgIpc) is 2.98. The topological polar surface area (TPSA) is 84.1 Å². The molecule has 0 fully saturated rings. The number of rotatable bonds is 5. The maximum Gasteiger partial charge on any atom is 0.229 e. The molecule has 1 N–H and O–H groups in total.